The monoisotopic (exact) mass is 423 g/mol. The highest BCUT2D eigenvalue weighted by Crippen LogP contribution is 2.42. The SMILES string of the molecule is Nc1ccc(-c2ccc(F)cc2)nc1NC(=O)N1CC2CC(CN3CCCC3)CC2C1. The highest BCUT2D eigenvalue weighted by molar-refractivity contribution is 5.92. The van der Waals surface area contributed by atoms with Crippen LogP contribution in [0.25, 0.3) is 11.3 Å². The molecule has 31 heavy (non-hydrogen) atoms. The van der Waals surface area contributed by atoms with Crippen molar-refractivity contribution in [3.05, 3.63) is 42.2 Å². The lowest BCUT2D eigenvalue weighted by atomic mass is 10.0. The zero-order valence-corrected chi connectivity index (χ0v) is 17.8. The number of nitrogens with one attached hydrogen (secondary N) is 1. The van der Waals surface area contributed by atoms with Crippen LogP contribution >= 0.6 is 0 Å². The first-order valence-corrected chi connectivity index (χ1v) is 11.4. The van der Waals surface area contributed by atoms with E-state index in [-0.39, 0.29) is 11.8 Å². The van der Waals surface area contributed by atoms with Gasteiger partial charge < -0.3 is 15.5 Å². The summed E-state index contributed by atoms with van der Waals surface area (Å²) >= 11 is 0. The Bertz CT molecular complexity index is 929. The minimum atomic E-state index is -0.296. The molecule has 0 bridgehead atoms. The number of likely N-dealkylation sites (tertiary alicyclic amines) is 2. The van der Waals surface area contributed by atoms with Gasteiger partial charge in [0.2, 0.25) is 0 Å². The van der Waals surface area contributed by atoms with E-state index in [9.17, 15) is 9.18 Å². The van der Waals surface area contributed by atoms with Crippen molar-refractivity contribution < 1.29 is 9.18 Å². The molecule has 2 saturated heterocycles. The Morgan fingerprint density at radius 2 is 1.74 bits per heavy atom. The molecule has 5 rings (SSSR count). The third-order valence-electron chi connectivity index (χ3n) is 7.14. The predicted octanol–water partition coefficient (Wildman–Crippen LogP) is 4.06. The number of aromatic nitrogens is 1. The van der Waals surface area contributed by atoms with Crippen LogP contribution in [0.1, 0.15) is 25.7 Å². The fourth-order valence-electron chi connectivity index (χ4n) is 5.60. The van der Waals surface area contributed by atoms with E-state index >= 15 is 0 Å². The summed E-state index contributed by atoms with van der Waals surface area (Å²) in [6, 6.07) is 9.49. The fourth-order valence-corrected chi connectivity index (χ4v) is 5.60. The van der Waals surface area contributed by atoms with Crippen molar-refractivity contribution in [1.82, 2.24) is 14.8 Å². The van der Waals surface area contributed by atoms with Gasteiger partial charge in [0.05, 0.1) is 11.4 Å². The number of fused-ring (bicyclic) bond motifs is 1. The van der Waals surface area contributed by atoms with Gasteiger partial charge in [-0.05, 0) is 92.9 Å². The summed E-state index contributed by atoms with van der Waals surface area (Å²) in [5.41, 5.74) is 7.91. The average molecular weight is 424 g/mol. The molecule has 1 aliphatic carbocycles. The molecule has 1 aromatic heterocycles. The number of nitrogens with zero attached hydrogens (tertiary/aromatic N) is 3. The van der Waals surface area contributed by atoms with E-state index in [0.29, 0.717) is 29.0 Å². The van der Waals surface area contributed by atoms with E-state index in [4.69, 9.17) is 5.73 Å². The van der Waals surface area contributed by atoms with Gasteiger partial charge in [-0.15, -0.1) is 0 Å². The summed E-state index contributed by atoms with van der Waals surface area (Å²) in [7, 11) is 0. The molecule has 2 aromatic rings. The molecule has 164 valence electrons. The van der Waals surface area contributed by atoms with Crippen LogP contribution in [0.5, 0.6) is 0 Å². The van der Waals surface area contributed by atoms with Crippen molar-refractivity contribution in [3.63, 3.8) is 0 Å². The number of carbonyl (C=O) groups is 1. The highest BCUT2D eigenvalue weighted by atomic mass is 19.1. The topological polar surface area (TPSA) is 74.5 Å². The van der Waals surface area contributed by atoms with Crippen molar-refractivity contribution in [2.45, 2.75) is 25.7 Å². The summed E-state index contributed by atoms with van der Waals surface area (Å²) in [6.07, 6.45) is 5.14. The van der Waals surface area contributed by atoms with E-state index in [1.54, 1.807) is 24.3 Å². The van der Waals surface area contributed by atoms with Gasteiger partial charge in [-0.3, -0.25) is 5.32 Å². The van der Waals surface area contributed by atoms with Crippen LogP contribution < -0.4 is 11.1 Å². The molecule has 3 aliphatic rings. The summed E-state index contributed by atoms with van der Waals surface area (Å²) < 4.78 is 13.2. The predicted molar refractivity (Wildman–Crippen MR) is 120 cm³/mol. The number of nitrogens with two attached hydrogens (primary N) is 1. The summed E-state index contributed by atoms with van der Waals surface area (Å²) in [5.74, 6) is 2.05. The largest absolute Gasteiger partial charge is 0.396 e. The Morgan fingerprint density at radius 3 is 2.42 bits per heavy atom. The van der Waals surface area contributed by atoms with E-state index in [2.05, 4.69) is 15.2 Å². The smallest absolute Gasteiger partial charge is 0.323 e. The molecule has 0 spiro atoms. The lowest BCUT2D eigenvalue weighted by Gasteiger charge is -2.23. The molecule has 1 aromatic carbocycles. The van der Waals surface area contributed by atoms with Crippen molar-refractivity contribution in [2.24, 2.45) is 17.8 Å². The first-order chi connectivity index (χ1) is 15.0. The van der Waals surface area contributed by atoms with Crippen LogP contribution in [0, 0.1) is 23.6 Å². The lowest BCUT2D eigenvalue weighted by molar-refractivity contribution is 0.214. The Labute approximate surface area is 182 Å². The molecule has 2 amide bonds. The number of amides is 2. The molecule has 7 heteroatoms. The Kier molecular flexibility index (Phi) is 5.52. The maximum atomic E-state index is 13.2. The van der Waals surface area contributed by atoms with Crippen LogP contribution in [-0.2, 0) is 0 Å². The first-order valence-electron chi connectivity index (χ1n) is 11.4. The van der Waals surface area contributed by atoms with Gasteiger partial charge in [-0.2, -0.15) is 0 Å². The normalized spacial score (nSPS) is 25.7. The minimum absolute atomic E-state index is 0.138. The number of benzene rings is 1. The van der Waals surface area contributed by atoms with E-state index in [1.165, 1.54) is 57.5 Å². The van der Waals surface area contributed by atoms with E-state index in [1.807, 2.05) is 4.90 Å². The number of hydrogen-bond donors (Lipinski definition) is 2. The number of anilines is 2. The third kappa shape index (κ3) is 4.37. The second-order valence-corrected chi connectivity index (χ2v) is 9.34. The number of nitrogen functional groups attached to an aromatic ring is 1. The molecule has 3 N–H and O–H groups in total. The quantitative estimate of drug-likeness (QED) is 0.778. The van der Waals surface area contributed by atoms with Crippen molar-refractivity contribution in [2.75, 3.05) is 43.8 Å². The fraction of sp³-hybridized carbons (Fsp3) is 0.500. The van der Waals surface area contributed by atoms with Crippen LogP contribution in [0.15, 0.2) is 36.4 Å². The Hall–Kier alpha value is -2.67. The molecule has 3 fully saturated rings. The number of pyridine rings is 1. The molecular weight excluding hydrogens is 393 g/mol. The number of urea groups is 1. The zero-order valence-electron chi connectivity index (χ0n) is 17.8. The molecule has 1 saturated carbocycles. The summed E-state index contributed by atoms with van der Waals surface area (Å²) in [6.45, 7) is 5.36. The maximum absolute atomic E-state index is 13.2. The number of hydrogen-bond acceptors (Lipinski definition) is 4. The van der Waals surface area contributed by atoms with Gasteiger partial charge in [-0.25, -0.2) is 14.2 Å². The van der Waals surface area contributed by atoms with Gasteiger partial charge in [0.1, 0.15) is 5.82 Å². The molecule has 2 aliphatic heterocycles. The van der Waals surface area contributed by atoms with Crippen LogP contribution in [0.3, 0.4) is 0 Å². The Balaban J connectivity index is 1.20. The van der Waals surface area contributed by atoms with Gasteiger partial charge in [-0.1, -0.05) is 0 Å². The molecule has 3 heterocycles. The number of carbonyl (C=O) groups excluding carboxylic acids is 1. The average Bonchev–Trinajstić information content (AvgIpc) is 3.47. The number of rotatable bonds is 4. The summed E-state index contributed by atoms with van der Waals surface area (Å²) in [5, 5.41) is 2.90. The van der Waals surface area contributed by atoms with Gasteiger partial charge >= 0.3 is 6.03 Å². The maximum Gasteiger partial charge on any atom is 0.323 e. The lowest BCUT2D eigenvalue weighted by Crippen LogP contribution is -2.35. The van der Waals surface area contributed by atoms with Gasteiger partial charge in [0.25, 0.3) is 0 Å². The van der Waals surface area contributed by atoms with Crippen molar-refractivity contribution in [3.8, 4) is 11.3 Å². The molecule has 0 radical (unpaired) electrons. The summed E-state index contributed by atoms with van der Waals surface area (Å²) in [4.78, 5) is 21.9. The van der Waals surface area contributed by atoms with Crippen LogP contribution in [0.4, 0.5) is 20.7 Å². The first kappa shape index (κ1) is 20.2. The molecule has 2 unspecified atom stereocenters. The minimum Gasteiger partial charge on any atom is -0.396 e. The van der Waals surface area contributed by atoms with Gasteiger partial charge in [0, 0.05) is 25.2 Å². The Morgan fingerprint density at radius 1 is 1.06 bits per heavy atom. The van der Waals surface area contributed by atoms with Crippen molar-refractivity contribution >= 4 is 17.5 Å². The van der Waals surface area contributed by atoms with Crippen LogP contribution in [-0.4, -0.2) is 53.5 Å². The highest BCUT2D eigenvalue weighted by Gasteiger charge is 2.42. The van der Waals surface area contributed by atoms with E-state index in [0.717, 1.165) is 24.6 Å². The second-order valence-electron chi connectivity index (χ2n) is 9.34. The standard InChI is InChI=1S/C24H30FN5O/c25-20-5-3-17(4-6-20)22-8-7-21(26)23(27-22)28-24(31)30-14-18-11-16(12-19(18)15-30)13-29-9-1-2-10-29/h3-8,16,18-19H,1-2,9-15,26H2,(H,27,28,31). The third-order valence-corrected chi connectivity index (χ3v) is 7.14. The van der Waals surface area contributed by atoms with Gasteiger partial charge in [0.15, 0.2) is 5.82 Å². The van der Waals surface area contributed by atoms with Crippen molar-refractivity contribution in [1.29, 1.82) is 0 Å². The van der Waals surface area contributed by atoms with E-state index < -0.39 is 0 Å². The number of halogens is 1. The molecule has 2 atom stereocenters. The second kappa shape index (κ2) is 8.46. The van der Waals surface area contributed by atoms with Crippen LogP contribution in [0.2, 0.25) is 0 Å². The molecule has 6 nitrogen and oxygen atoms in total. The zero-order chi connectivity index (χ0) is 21.4. The molecular formula is C24H30FN5O.